The topological polar surface area (TPSA) is 58.2 Å². The number of ketones is 2. The number of allylic oxidation sites excluding steroid dienone is 2. The molecule has 0 radical (unpaired) electrons. The predicted molar refractivity (Wildman–Crippen MR) is 155 cm³/mol. The summed E-state index contributed by atoms with van der Waals surface area (Å²) < 4.78 is 1.85. The second-order valence-corrected chi connectivity index (χ2v) is 10.4. The lowest BCUT2D eigenvalue weighted by Crippen LogP contribution is -2.51. The molecule has 0 saturated heterocycles. The Labute approximate surface area is 229 Å². The van der Waals surface area contributed by atoms with Crippen molar-refractivity contribution in [1.82, 2.24) is 10.6 Å². The van der Waals surface area contributed by atoms with E-state index in [1.165, 1.54) is 23.3 Å². The van der Waals surface area contributed by atoms with E-state index < -0.39 is 0 Å². The molecule has 1 aliphatic rings. The normalized spacial score (nSPS) is 14.2. The van der Waals surface area contributed by atoms with Gasteiger partial charge < -0.3 is 19.6 Å². The van der Waals surface area contributed by atoms with Gasteiger partial charge in [-0.3, -0.25) is 9.59 Å². The summed E-state index contributed by atoms with van der Waals surface area (Å²) >= 11 is 0. The average Bonchev–Trinajstić information content (AvgIpc) is 2.95. The molecule has 0 amide bonds. The van der Waals surface area contributed by atoms with Crippen LogP contribution in [-0.4, -0.2) is 72.9 Å². The van der Waals surface area contributed by atoms with Crippen molar-refractivity contribution in [3.05, 3.63) is 95.3 Å². The van der Waals surface area contributed by atoms with E-state index in [1.807, 2.05) is 12.1 Å². The zero-order valence-corrected chi connectivity index (χ0v) is 23.7. The predicted octanol–water partition coefficient (Wildman–Crippen LogP) is 4.20. The number of nitrogens with zero attached hydrogens (tertiary/aromatic N) is 2. The van der Waals surface area contributed by atoms with Crippen molar-refractivity contribution in [1.29, 1.82) is 0 Å². The van der Waals surface area contributed by atoms with E-state index in [2.05, 4.69) is 86.9 Å². The Bertz CT molecular complexity index is 1010. The van der Waals surface area contributed by atoms with Crippen LogP contribution in [0.4, 0.5) is 0 Å². The number of quaternary nitrogens is 2. The minimum Gasteiger partial charge on any atom is -0.376 e. The van der Waals surface area contributed by atoms with Crippen molar-refractivity contribution in [2.75, 3.05) is 52.4 Å². The van der Waals surface area contributed by atoms with E-state index >= 15 is 0 Å². The van der Waals surface area contributed by atoms with Gasteiger partial charge in [-0.05, 0) is 27.7 Å². The van der Waals surface area contributed by atoms with Crippen LogP contribution in [0.25, 0.3) is 0 Å². The molecule has 0 bridgehead atoms. The molecule has 2 aromatic carbocycles. The summed E-state index contributed by atoms with van der Waals surface area (Å²) in [7, 11) is 0. The zero-order valence-electron chi connectivity index (χ0n) is 23.7. The molecule has 0 fully saturated rings. The third-order valence-corrected chi connectivity index (χ3v) is 8.29. The van der Waals surface area contributed by atoms with Gasteiger partial charge in [-0.15, -0.1) is 0 Å². The number of nitrogens with one attached hydrogen (secondary N) is 2. The number of carbonyl (C=O) groups excluding carboxylic acids is 2. The molecule has 0 aliphatic heterocycles. The lowest BCUT2D eigenvalue weighted by molar-refractivity contribution is -0.936. The Morgan fingerprint density at radius 1 is 0.553 bits per heavy atom. The molecule has 0 atom stereocenters. The molecule has 3 rings (SSSR count). The molecule has 38 heavy (non-hydrogen) atoms. The largest absolute Gasteiger partial charge is 0.376 e. The summed E-state index contributed by atoms with van der Waals surface area (Å²) in [6.45, 7) is 17.8. The fraction of sp³-hybridized carbons (Fsp3) is 0.438. The van der Waals surface area contributed by atoms with Gasteiger partial charge in [0.25, 0.3) is 0 Å². The standard InChI is InChI=1S/C32H44N4O2/c1-5-35(6-2,25-27-15-11-9-12-16-27)21-19-33-29-23-32(38)30(24-31(29)37)34-20-22-36(7-3,8-4)26-28-17-13-10-14-18-28/h9-18,23-24H,5-8,19-22,25-26H2,1-4H3/p+2. The van der Waals surface area contributed by atoms with Crippen LogP contribution in [0.1, 0.15) is 38.8 Å². The van der Waals surface area contributed by atoms with Crippen LogP contribution >= 0.6 is 0 Å². The number of likely N-dealkylation sites (N-methyl/N-ethyl adjacent to an activating group) is 2. The van der Waals surface area contributed by atoms with Gasteiger partial charge in [0.15, 0.2) is 0 Å². The van der Waals surface area contributed by atoms with Crippen LogP contribution in [0.2, 0.25) is 0 Å². The van der Waals surface area contributed by atoms with Gasteiger partial charge in [0, 0.05) is 23.3 Å². The Morgan fingerprint density at radius 2 is 0.895 bits per heavy atom. The minimum atomic E-state index is -0.141. The van der Waals surface area contributed by atoms with Gasteiger partial charge in [-0.1, -0.05) is 60.7 Å². The number of hydrogen-bond donors (Lipinski definition) is 2. The molecule has 0 aromatic heterocycles. The first-order valence-electron chi connectivity index (χ1n) is 14.2. The van der Waals surface area contributed by atoms with Crippen LogP contribution < -0.4 is 10.6 Å². The number of carbonyl (C=O) groups is 2. The molecule has 6 nitrogen and oxygen atoms in total. The molecule has 2 N–H and O–H groups in total. The first-order chi connectivity index (χ1) is 18.4. The van der Waals surface area contributed by atoms with Crippen LogP contribution in [-0.2, 0) is 22.7 Å². The highest BCUT2D eigenvalue weighted by Crippen LogP contribution is 2.16. The van der Waals surface area contributed by atoms with E-state index in [1.54, 1.807) is 0 Å². The van der Waals surface area contributed by atoms with E-state index in [0.717, 1.165) is 61.3 Å². The van der Waals surface area contributed by atoms with E-state index in [0.29, 0.717) is 24.5 Å². The summed E-state index contributed by atoms with van der Waals surface area (Å²) in [5.74, 6) is -0.283. The molecule has 0 saturated carbocycles. The summed E-state index contributed by atoms with van der Waals surface area (Å²) in [5.41, 5.74) is 3.41. The van der Waals surface area contributed by atoms with Crippen molar-refractivity contribution >= 4 is 11.6 Å². The maximum atomic E-state index is 12.8. The Balaban J connectivity index is 1.53. The second-order valence-electron chi connectivity index (χ2n) is 10.4. The molecule has 0 spiro atoms. The summed E-state index contributed by atoms with van der Waals surface area (Å²) in [6.07, 6.45) is 2.92. The maximum Gasteiger partial charge on any atom is 0.203 e. The van der Waals surface area contributed by atoms with Crippen molar-refractivity contribution in [3.8, 4) is 0 Å². The number of rotatable bonds is 16. The Kier molecular flexibility index (Phi) is 10.9. The van der Waals surface area contributed by atoms with Crippen LogP contribution in [0.3, 0.4) is 0 Å². The summed E-state index contributed by atoms with van der Waals surface area (Å²) in [6, 6.07) is 21.1. The zero-order chi connectivity index (χ0) is 27.4. The molecule has 2 aromatic rings. The van der Waals surface area contributed by atoms with Crippen molar-refractivity contribution in [2.45, 2.75) is 40.8 Å². The molecule has 0 unspecified atom stereocenters. The fourth-order valence-corrected chi connectivity index (χ4v) is 5.32. The molecule has 0 heterocycles. The van der Waals surface area contributed by atoms with Crippen LogP contribution in [0, 0.1) is 0 Å². The molecular formula is C32H46N4O2+2. The van der Waals surface area contributed by atoms with Gasteiger partial charge >= 0.3 is 0 Å². The highest BCUT2D eigenvalue weighted by molar-refractivity contribution is 6.19. The first kappa shape index (κ1) is 29.3. The third kappa shape index (κ3) is 7.89. The maximum absolute atomic E-state index is 12.8. The molecule has 6 heteroatoms. The molecule has 1 aliphatic carbocycles. The SMILES string of the molecule is CC[N+](CC)(CCNC1=CC(=O)C(NCC[N+](CC)(CC)Cc2ccccc2)=CC1=O)Cc1ccccc1. The van der Waals surface area contributed by atoms with E-state index in [-0.39, 0.29) is 11.6 Å². The number of hydrogen-bond acceptors (Lipinski definition) is 4. The summed E-state index contributed by atoms with van der Waals surface area (Å²) in [4.78, 5) is 25.7. The smallest absolute Gasteiger partial charge is 0.203 e. The van der Waals surface area contributed by atoms with Crippen molar-refractivity contribution < 1.29 is 18.6 Å². The van der Waals surface area contributed by atoms with Crippen LogP contribution in [0.5, 0.6) is 0 Å². The van der Waals surface area contributed by atoms with Crippen LogP contribution in [0.15, 0.2) is 84.2 Å². The fourth-order valence-electron chi connectivity index (χ4n) is 5.32. The van der Waals surface area contributed by atoms with Gasteiger partial charge in [0.1, 0.15) is 13.1 Å². The quantitative estimate of drug-likeness (QED) is 0.258. The lowest BCUT2D eigenvalue weighted by Gasteiger charge is -2.37. The van der Waals surface area contributed by atoms with Crippen molar-refractivity contribution in [3.63, 3.8) is 0 Å². The lowest BCUT2D eigenvalue weighted by atomic mass is 10.1. The van der Waals surface area contributed by atoms with Gasteiger partial charge in [0.05, 0.1) is 63.8 Å². The monoisotopic (exact) mass is 518 g/mol. The summed E-state index contributed by atoms with van der Waals surface area (Å²) in [5, 5.41) is 6.52. The van der Waals surface area contributed by atoms with Gasteiger partial charge in [-0.2, -0.15) is 0 Å². The average molecular weight is 519 g/mol. The molecular weight excluding hydrogens is 472 g/mol. The minimum absolute atomic E-state index is 0.141. The van der Waals surface area contributed by atoms with E-state index in [4.69, 9.17) is 0 Å². The van der Waals surface area contributed by atoms with Gasteiger partial charge in [0.2, 0.25) is 11.6 Å². The highest BCUT2D eigenvalue weighted by atomic mass is 16.1. The Hall–Kier alpha value is -3.22. The first-order valence-corrected chi connectivity index (χ1v) is 14.2. The molecule has 204 valence electrons. The number of benzene rings is 2. The third-order valence-electron chi connectivity index (χ3n) is 8.29. The second kappa shape index (κ2) is 14.1. The van der Waals surface area contributed by atoms with E-state index in [9.17, 15) is 9.59 Å². The van der Waals surface area contributed by atoms with Crippen molar-refractivity contribution in [2.24, 2.45) is 0 Å². The Morgan fingerprint density at radius 3 is 1.21 bits per heavy atom. The van der Waals surface area contributed by atoms with Gasteiger partial charge in [-0.25, -0.2) is 0 Å². The highest BCUT2D eigenvalue weighted by Gasteiger charge is 2.27.